The summed E-state index contributed by atoms with van der Waals surface area (Å²) in [5.41, 5.74) is 0.178. The molecule has 2 unspecified atom stereocenters. The summed E-state index contributed by atoms with van der Waals surface area (Å²) in [5.74, 6) is 0.481. The summed E-state index contributed by atoms with van der Waals surface area (Å²) in [5, 5.41) is 3.33. The quantitative estimate of drug-likeness (QED) is 0.901. The summed E-state index contributed by atoms with van der Waals surface area (Å²) in [6, 6.07) is 5.29. The van der Waals surface area contributed by atoms with Crippen molar-refractivity contribution in [2.45, 2.75) is 45.1 Å². The molecule has 0 radical (unpaired) electrons. The molecule has 1 N–H and O–H groups in total. The minimum absolute atomic E-state index is 0.126. The van der Waals surface area contributed by atoms with Gasteiger partial charge >= 0.3 is 6.18 Å². The molecular formula is C16H22F3NO. The molecule has 1 saturated heterocycles. The van der Waals surface area contributed by atoms with Gasteiger partial charge in [0.2, 0.25) is 0 Å². The standard InChI is InChI=1S/C16H22F3NO/c1-3-11(4-2)14-9-20-10-15(21-14)12-5-7-13(8-6-12)16(17,18)19/h5-8,11,14-15,20H,3-4,9-10H2,1-2H3. The van der Waals surface area contributed by atoms with Gasteiger partial charge in [0, 0.05) is 13.1 Å². The molecule has 2 atom stereocenters. The minimum Gasteiger partial charge on any atom is -0.367 e. The molecule has 21 heavy (non-hydrogen) atoms. The van der Waals surface area contributed by atoms with E-state index in [1.807, 2.05) is 0 Å². The van der Waals surface area contributed by atoms with Gasteiger partial charge in [-0.15, -0.1) is 0 Å². The molecule has 118 valence electrons. The number of hydrogen-bond acceptors (Lipinski definition) is 2. The zero-order chi connectivity index (χ0) is 15.5. The van der Waals surface area contributed by atoms with Gasteiger partial charge in [-0.3, -0.25) is 0 Å². The predicted molar refractivity (Wildman–Crippen MR) is 76.0 cm³/mol. The molecule has 1 fully saturated rings. The number of rotatable bonds is 4. The van der Waals surface area contributed by atoms with E-state index in [-0.39, 0.29) is 12.2 Å². The number of nitrogens with one attached hydrogen (secondary N) is 1. The van der Waals surface area contributed by atoms with Crippen LogP contribution >= 0.6 is 0 Å². The van der Waals surface area contributed by atoms with E-state index in [1.54, 1.807) is 0 Å². The van der Waals surface area contributed by atoms with Crippen LogP contribution in [0.5, 0.6) is 0 Å². The number of alkyl halides is 3. The third-order valence-electron chi connectivity index (χ3n) is 4.20. The number of ether oxygens (including phenoxy) is 1. The van der Waals surface area contributed by atoms with E-state index >= 15 is 0 Å². The second kappa shape index (κ2) is 6.79. The van der Waals surface area contributed by atoms with Crippen LogP contribution in [0.3, 0.4) is 0 Å². The van der Waals surface area contributed by atoms with Gasteiger partial charge in [0.25, 0.3) is 0 Å². The highest BCUT2D eigenvalue weighted by molar-refractivity contribution is 5.26. The third kappa shape index (κ3) is 3.98. The minimum atomic E-state index is -4.29. The Morgan fingerprint density at radius 1 is 1.14 bits per heavy atom. The topological polar surface area (TPSA) is 21.3 Å². The van der Waals surface area contributed by atoms with E-state index in [0.717, 1.165) is 37.1 Å². The predicted octanol–water partition coefficient (Wildman–Crippen LogP) is 4.17. The van der Waals surface area contributed by atoms with Crippen molar-refractivity contribution in [3.8, 4) is 0 Å². The molecule has 5 heteroatoms. The fourth-order valence-electron chi connectivity index (χ4n) is 2.84. The van der Waals surface area contributed by atoms with Crippen molar-refractivity contribution >= 4 is 0 Å². The van der Waals surface area contributed by atoms with Crippen LogP contribution in [-0.2, 0) is 10.9 Å². The summed E-state index contributed by atoms with van der Waals surface area (Å²) in [7, 11) is 0. The molecular weight excluding hydrogens is 279 g/mol. The molecule has 0 spiro atoms. The average molecular weight is 301 g/mol. The van der Waals surface area contributed by atoms with Gasteiger partial charge in [0.1, 0.15) is 0 Å². The van der Waals surface area contributed by atoms with Gasteiger partial charge in [-0.1, -0.05) is 38.8 Å². The lowest BCUT2D eigenvalue weighted by Gasteiger charge is -2.35. The third-order valence-corrected chi connectivity index (χ3v) is 4.20. The number of hydrogen-bond donors (Lipinski definition) is 1. The summed E-state index contributed by atoms with van der Waals surface area (Å²) < 4.78 is 43.8. The number of benzene rings is 1. The Morgan fingerprint density at radius 3 is 2.29 bits per heavy atom. The molecule has 0 bridgehead atoms. The Balaban J connectivity index is 2.07. The Hall–Kier alpha value is -1.07. The first-order valence-electron chi connectivity index (χ1n) is 7.49. The second-order valence-corrected chi connectivity index (χ2v) is 5.52. The summed E-state index contributed by atoms with van der Waals surface area (Å²) in [6.45, 7) is 5.73. The highest BCUT2D eigenvalue weighted by Crippen LogP contribution is 2.32. The molecule has 0 aromatic heterocycles. The highest BCUT2D eigenvalue weighted by atomic mass is 19.4. The zero-order valence-electron chi connectivity index (χ0n) is 12.4. The Labute approximate surface area is 123 Å². The summed E-state index contributed by atoms with van der Waals surface area (Å²) in [6.07, 6.45) is -2.25. The molecule has 2 nitrogen and oxygen atoms in total. The lowest BCUT2D eigenvalue weighted by atomic mass is 9.94. The smallest absolute Gasteiger partial charge is 0.367 e. The first-order chi connectivity index (χ1) is 9.95. The van der Waals surface area contributed by atoms with E-state index in [2.05, 4.69) is 19.2 Å². The van der Waals surface area contributed by atoms with E-state index in [1.165, 1.54) is 12.1 Å². The monoisotopic (exact) mass is 301 g/mol. The van der Waals surface area contributed by atoms with E-state index in [4.69, 9.17) is 4.74 Å². The molecule has 1 aliphatic heterocycles. The van der Waals surface area contributed by atoms with Crippen molar-refractivity contribution < 1.29 is 17.9 Å². The van der Waals surface area contributed by atoms with Gasteiger partial charge in [0.05, 0.1) is 17.8 Å². The largest absolute Gasteiger partial charge is 0.416 e. The van der Waals surface area contributed by atoms with E-state index in [0.29, 0.717) is 12.5 Å². The molecule has 1 heterocycles. The van der Waals surface area contributed by atoms with Crippen molar-refractivity contribution in [1.82, 2.24) is 5.32 Å². The lowest BCUT2D eigenvalue weighted by molar-refractivity contribution is -0.137. The normalized spacial score (nSPS) is 23.5. The maximum atomic E-state index is 12.6. The fraction of sp³-hybridized carbons (Fsp3) is 0.625. The highest BCUT2D eigenvalue weighted by Gasteiger charge is 2.31. The molecule has 2 rings (SSSR count). The van der Waals surface area contributed by atoms with Crippen LogP contribution in [0.25, 0.3) is 0 Å². The van der Waals surface area contributed by atoms with Crippen molar-refractivity contribution in [3.63, 3.8) is 0 Å². The van der Waals surface area contributed by atoms with Crippen LogP contribution in [0.4, 0.5) is 13.2 Å². The molecule has 1 aliphatic rings. The average Bonchev–Trinajstić information content (AvgIpc) is 2.48. The Kier molecular flexibility index (Phi) is 5.27. The van der Waals surface area contributed by atoms with Gasteiger partial charge in [-0.25, -0.2) is 0 Å². The van der Waals surface area contributed by atoms with Crippen molar-refractivity contribution in [2.75, 3.05) is 13.1 Å². The van der Waals surface area contributed by atoms with E-state index in [9.17, 15) is 13.2 Å². The Bertz CT molecular complexity index is 440. The van der Waals surface area contributed by atoms with Crippen molar-refractivity contribution in [1.29, 1.82) is 0 Å². The zero-order valence-corrected chi connectivity index (χ0v) is 12.4. The molecule has 0 saturated carbocycles. The lowest BCUT2D eigenvalue weighted by Crippen LogP contribution is -2.44. The van der Waals surface area contributed by atoms with Crippen LogP contribution < -0.4 is 5.32 Å². The molecule has 0 amide bonds. The van der Waals surface area contributed by atoms with Crippen LogP contribution in [0, 0.1) is 5.92 Å². The van der Waals surface area contributed by atoms with Crippen LogP contribution in [0.15, 0.2) is 24.3 Å². The fourth-order valence-corrected chi connectivity index (χ4v) is 2.84. The molecule has 1 aromatic carbocycles. The second-order valence-electron chi connectivity index (χ2n) is 5.52. The van der Waals surface area contributed by atoms with Gasteiger partial charge in [-0.05, 0) is 23.6 Å². The summed E-state index contributed by atoms with van der Waals surface area (Å²) >= 11 is 0. The summed E-state index contributed by atoms with van der Waals surface area (Å²) in [4.78, 5) is 0. The first kappa shape index (κ1) is 16.3. The number of halogens is 3. The van der Waals surface area contributed by atoms with Crippen molar-refractivity contribution in [2.24, 2.45) is 5.92 Å². The van der Waals surface area contributed by atoms with Crippen molar-refractivity contribution in [3.05, 3.63) is 35.4 Å². The van der Waals surface area contributed by atoms with Gasteiger partial charge in [-0.2, -0.15) is 13.2 Å². The van der Waals surface area contributed by atoms with Crippen LogP contribution in [0.2, 0.25) is 0 Å². The molecule has 0 aliphatic carbocycles. The van der Waals surface area contributed by atoms with Gasteiger partial charge in [0.15, 0.2) is 0 Å². The van der Waals surface area contributed by atoms with Gasteiger partial charge < -0.3 is 10.1 Å². The SMILES string of the molecule is CCC(CC)C1CNCC(c2ccc(C(F)(F)F)cc2)O1. The Morgan fingerprint density at radius 2 is 1.76 bits per heavy atom. The maximum absolute atomic E-state index is 12.6. The number of morpholine rings is 1. The van der Waals surface area contributed by atoms with Crippen LogP contribution in [0.1, 0.15) is 43.9 Å². The maximum Gasteiger partial charge on any atom is 0.416 e. The van der Waals surface area contributed by atoms with Crippen LogP contribution in [-0.4, -0.2) is 19.2 Å². The first-order valence-corrected chi connectivity index (χ1v) is 7.49. The van der Waals surface area contributed by atoms with E-state index < -0.39 is 11.7 Å². The molecule has 1 aromatic rings.